The summed E-state index contributed by atoms with van der Waals surface area (Å²) in [4.78, 5) is 7.10. The van der Waals surface area contributed by atoms with E-state index in [2.05, 4.69) is 22.2 Å². The van der Waals surface area contributed by atoms with Crippen molar-refractivity contribution in [2.75, 3.05) is 18.1 Å². The first-order valence-electron chi connectivity index (χ1n) is 4.69. The number of unbranched alkanes of at least 4 members (excludes halogenated alkanes) is 1. The molecular formula is C9H16N4S. The van der Waals surface area contributed by atoms with Crippen LogP contribution in [0.1, 0.15) is 25.5 Å². The normalized spacial score (nSPS) is 10.1. The fourth-order valence-corrected chi connectivity index (χ4v) is 1.45. The Labute approximate surface area is 88.4 Å². The largest absolute Gasteiger partial charge is 0.368 e. The van der Waals surface area contributed by atoms with Crippen LogP contribution in [-0.2, 0) is 0 Å². The van der Waals surface area contributed by atoms with Gasteiger partial charge >= 0.3 is 0 Å². The molecule has 0 bridgehead atoms. The number of imidazole rings is 1. The molecule has 3 N–H and O–H groups in total. The van der Waals surface area contributed by atoms with Crippen molar-refractivity contribution in [3.63, 3.8) is 0 Å². The molecule has 1 aromatic heterocycles. The van der Waals surface area contributed by atoms with Crippen molar-refractivity contribution in [1.82, 2.24) is 9.97 Å². The highest BCUT2D eigenvalue weighted by Gasteiger charge is 2.08. The molecule has 0 aliphatic heterocycles. The van der Waals surface area contributed by atoms with Crippen molar-refractivity contribution < 1.29 is 0 Å². The summed E-state index contributed by atoms with van der Waals surface area (Å²) in [6.45, 7) is 3.06. The Balaban J connectivity index is 2.58. The first-order valence-corrected chi connectivity index (χ1v) is 5.92. The molecule has 78 valence electrons. The van der Waals surface area contributed by atoms with Crippen LogP contribution in [-0.4, -0.2) is 27.8 Å². The number of thioether (sulfide) groups is 1. The number of nitrogens with zero attached hydrogens (tertiary/aromatic N) is 1. The number of hydrogen-bond donors (Lipinski definition) is 3. The summed E-state index contributed by atoms with van der Waals surface area (Å²) in [5, 5.41) is 11.4. The quantitative estimate of drug-likeness (QED) is 0.398. The molecule has 4 nitrogen and oxygen atoms in total. The van der Waals surface area contributed by atoms with E-state index >= 15 is 0 Å². The summed E-state index contributed by atoms with van der Waals surface area (Å²) < 4.78 is 0. The van der Waals surface area contributed by atoms with Crippen LogP contribution in [0.15, 0.2) is 6.33 Å². The molecule has 0 saturated carbocycles. The van der Waals surface area contributed by atoms with Gasteiger partial charge in [0, 0.05) is 6.54 Å². The van der Waals surface area contributed by atoms with Crippen molar-refractivity contribution >= 4 is 22.6 Å². The highest BCUT2D eigenvalue weighted by atomic mass is 32.2. The van der Waals surface area contributed by atoms with E-state index in [1.165, 1.54) is 11.8 Å². The smallest absolute Gasteiger partial charge is 0.154 e. The number of H-pyrrole nitrogens is 1. The molecule has 0 aliphatic carbocycles. The van der Waals surface area contributed by atoms with Gasteiger partial charge in [0.15, 0.2) is 5.82 Å². The summed E-state index contributed by atoms with van der Waals surface area (Å²) >= 11 is 1.41. The molecule has 0 atom stereocenters. The Morgan fingerprint density at radius 3 is 3.14 bits per heavy atom. The van der Waals surface area contributed by atoms with Crippen LogP contribution in [0.25, 0.3) is 0 Å². The monoisotopic (exact) mass is 212 g/mol. The van der Waals surface area contributed by atoms with Crippen LogP contribution >= 0.6 is 11.8 Å². The lowest BCUT2D eigenvalue weighted by molar-refractivity contribution is 0.831. The average Bonchev–Trinajstić information content (AvgIpc) is 2.65. The zero-order chi connectivity index (χ0) is 10.4. The molecular weight excluding hydrogens is 196 g/mol. The van der Waals surface area contributed by atoms with Crippen LogP contribution in [0.3, 0.4) is 0 Å². The molecule has 0 fully saturated rings. The zero-order valence-corrected chi connectivity index (χ0v) is 9.37. The topological polar surface area (TPSA) is 64.6 Å². The number of hydrogen-bond acceptors (Lipinski definition) is 4. The van der Waals surface area contributed by atoms with Crippen LogP contribution < -0.4 is 5.32 Å². The predicted molar refractivity (Wildman–Crippen MR) is 62.3 cm³/mol. The second-order valence-corrected chi connectivity index (χ2v) is 3.76. The Bertz CT molecular complexity index is 295. The van der Waals surface area contributed by atoms with E-state index in [1.54, 1.807) is 6.33 Å². The second-order valence-electron chi connectivity index (χ2n) is 2.94. The SMILES string of the molecule is CCCCNc1nc[nH]c1C(=N)SC. The molecule has 0 saturated heterocycles. The lowest BCUT2D eigenvalue weighted by Crippen LogP contribution is -2.05. The van der Waals surface area contributed by atoms with Gasteiger partial charge in [0.05, 0.1) is 6.33 Å². The second kappa shape index (κ2) is 5.70. The van der Waals surface area contributed by atoms with E-state index in [1.807, 2.05) is 6.26 Å². The maximum atomic E-state index is 7.67. The molecule has 0 aromatic carbocycles. The van der Waals surface area contributed by atoms with Crippen molar-refractivity contribution in [2.24, 2.45) is 0 Å². The van der Waals surface area contributed by atoms with Gasteiger partial charge < -0.3 is 10.3 Å². The highest BCUT2D eigenvalue weighted by Crippen LogP contribution is 2.15. The van der Waals surface area contributed by atoms with Gasteiger partial charge in [0.1, 0.15) is 10.7 Å². The summed E-state index contributed by atoms with van der Waals surface area (Å²) in [6.07, 6.45) is 5.79. The number of aromatic nitrogens is 2. The third-order valence-corrected chi connectivity index (χ3v) is 2.51. The third-order valence-electron chi connectivity index (χ3n) is 1.89. The summed E-state index contributed by atoms with van der Waals surface area (Å²) in [6, 6.07) is 0. The Kier molecular flexibility index (Phi) is 4.52. The van der Waals surface area contributed by atoms with Gasteiger partial charge in [0.25, 0.3) is 0 Å². The summed E-state index contributed by atoms with van der Waals surface area (Å²) in [5.74, 6) is 0.790. The van der Waals surface area contributed by atoms with Crippen LogP contribution in [0, 0.1) is 5.41 Å². The number of anilines is 1. The average molecular weight is 212 g/mol. The molecule has 0 aliphatic rings. The van der Waals surface area contributed by atoms with Gasteiger partial charge in [0.2, 0.25) is 0 Å². The van der Waals surface area contributed by atoms with Crippen molar-refractivity contribution in [3.05, 3.63) is 12.0 Å². The first kappa shape index (κ1) is 11.1. The Morgan fingerprint density at radius 2 is 2.50 bits per heavy atom. The maximum absolute atomic E-state index is 7.67. The molecule has 14 heavy (non-hydrogen) atoms. The van der Waals surface area contributed by atoms with Gasteiger partial charge in [-0.25, -0.2) is 4.98 Å². The fourth-order valence-electron chi connectivity index (χ4n) is 1.09. The van der Waals surface area contributed by atoms with E-state index in [-0.39, 0.29) is 0 Å². The zero-order valence-electron chi connectivity index (χ0n) is 8.55. The van der Waals surface area contributed by atoms with Crippen LogP contribution in [0.4, 0.5) is 5.82 Å². The molecule has 0 unspecified atom stereocenters. The van der Waals surface area contributed by atoms with E-state index in [0.29, 0.717) is 5.04 Å². The maximum Gasteiger partial charge on any atom is 0.154 e. The number of aromatic amines is 1. The van der Waals surface area contributed by atoms with Crippen molar-refractivity contribution in [3.8, 4) is 0 Å². The van der Waals surface area contributed by atoms with E-state index < -0.39 is 0 Å². The molecule has 1 rings (SSSR count). The first-order chi connectivity index (χ1) is 6.79. The van der Waals surface area contributed by atoms with Gasteiger partial charge in [-0.15, -0.1) is 11.8 Å². The fraction of sp³-hybridized carbons (Fsp3) is 0.556. The van der Waals surface area contributed by atoms with Gasteiger partial charge in [-0.3, -0.25) is 5.41 Å². The van der Waals surface area contributed by atoms with E-state index in [0.717, 1.165) is 30.9 Å². The highest BCUT2D eigenvalue weighted by molar-refractivity contribution is 8.13. The Hall–Kier alpha value is -0.970. The van der Waals surface area contributed by atoms with Gasteiger partial charge in [-0.2, -0.15) is 0 Å². The van der Waals surface area contributed by atoms with Crippen molar-refractivity contribution in [2.45, 2.75) is 19.8 Å². The lowest BCUT2D eigenvalue weighted by atomic mass is 10.3. The minimum absolute atomic E-state index is 0.515. The molecule has 0 spiro atoms. The standard InChI is InChI=1S/C9H16N4S/c1-3-4-5-11-9-7(8(10)14-2)12-6-13-9/h6,10-11H,3-5H2,1-2H3,(H,12,13). The summed E-state index contributed by atoms with van der Waals surface area (Å²) in [5.41, 5.74) is 0.786. The third kappa shape index (κ3) is 2.77. The van der Waals surface area contributed by atoms with Gasteiger partial charge in [-0.1, -0.05) is 13.3 Å². The van der Waals surface area contributed by atoms with Crippen LogP contribution in [0.2, 0.25) is 0 Å². The summed E-state index contributed by atoms with van der Waals surface area (Å²) in [7, 11) is 0. The minimum atomic E-state index is 0.515. The lowest BCUT2D eigenvalue weighted by Gasteiger charge is -2.04. The molecule has 1 aromatic rings. The number of rotatable bonds is 5. The Morgan fingerprint density at radius 1 is 1.71 bits per heavy atom. The minimum Gasteiger partial charge on any atom is -0.368 e. The van der Waals surface area contributed by atoms with Crippen molar-refractivity contribution in [1.29, 1.82) is 5.41 Å². The van der Waals surface area contributed by atoms with E-state index in [9.17, 15) is 0 Å². The van der Waals surface area contributed by atoms with Crippen LogP contribution in [0.5, 0.6) is 0 Å². The number of nitrogens with one attached hydrogen (secondary N) is 3. The van der Waals surface area contributed by atoms with E-state index in [4.69, 9.17) is 5.41 Å². The molecule has 0 radical (unpaired) electrons. The molecule has 5 heteroatoms. The predicted octanol–water partition coefficient (Wildman–Crippen LogP) is 2.31. The molecule has 1 heterocycles. The molecule has 0 amide bonds. The van der Waals surface area contributed by atoms with Gasteiger partial charge in [-0.05, 0) is 12.7 Å².